The van der Waals surface area contributed by atoms with E-state index in [1.165, 1.54) is 40.8 Å². The Morgan fingerprint density at radius 3 is 2.57 bits per heavy atom. The molecule has 0 saturated carbocycles. The summed E-state index contributed by atoms with van der Waals surface area (Å²) in [5, 5.41) is 2.96. The summed E-state index contributed by atoms with van der Waals surface area (Å²) in [6, 6.07) is 4.74. The first-order valence-corrected chi connectivity index (χ1v) is 9.12. The normalized spacial score (nSPS) is 22.7. The summed E-state index contributed by atoms with van der Waals surface area (Å²) >= 11 is 0. The van der Waals surface area contributed by atoms with Gasteiger partial charge < -0.3 is 0 Å². The van der Waals surface area contributed by atoms with Gasteiger partial charge in [-0.15, -0.1) is 0 Å². The molecule has 4 rings (SSSR count). The van der Waals surface area contributed by atoms with Gasteiger partial charge in [-0.1, -0.05) is 71.4 Å². The Morgan fingerprint density at radius 1 is 1.04 bits per heavy atom. The molecular weight excluding hydrogens is 276 g/mol. The molecule has 0 spiro atoms. The second kappa shape index (κ2) is 4.72. The summed E-state index contributed by atoms with van der Waals surface area (Å²) in [7, 11) is 0. The van der Waals surface area contributed by atoms with Crippen LogP contribution in [0, 0.1) is 10.8 Å². The van der Waals surface area contributed by atoms with E-state index in [4.69, 9.17) is 0 Å². The molecule has 0 heteroatoms. The van der Waals surface area contributed by atoms with Crippen LogP contribution in [0.4, 0.5) is 0 Å². The fourth-order valence-electron chi connectivity index (χ4n) is 5.39. The van der Waals surface area contributed by atoms with Crippen molar-refractivity contribution in [3.63, 3.8) is 0 Å². The lowest BCUT2D eigenvalue weighted by Gasteiger charge is -2.40. The molecule has 0 heterocycles. The zero-order valence-corrected chi connectivity index (χ0v) is 15.2. The van der Waals surface area contributed by atoms with Gasteiger partial charge in [0.1, 0.15) is 0 Å². The quantitative estimate of drug-likeness (QED) is 0.739. The van der Waals surface area contributed by atoms with E-state index in [-0.39, 0.29) is 5.41 Å². The molecule has 1 aromatic carbocycles. The van der Waals surface area contributed by atoms with Crippen LogP contribution >= 0.6 is 0 Å². The number of benzene rings is 1. The van der Waals surface area contributed by atoms with E-state index in [9.17, 15) is 0 Å². The molecule has 0 radical (unpaired) electrons. The first-order valence-electron chi connectivity index (χ1n) is 9.12. The first kappa shape index (κ1) is 15.0. The number of rotatable bonds is 2. The van der Waals surface area contributed by atoms with Crippen LogP contribution in [0.15, 0.2) is 29.4 Å². The fraction of sp³-hybridized carbons (Fsp3) is 0.478. The van der Waals surface area contributed by atoms with E-state index in [0.29, 0.717) is 5.41 Å². The topological polar surface area (TPSA) is 0 Å². The van der Waals surface area contributed by atoms with Gasteiger partial charge in [-0.25, -0.2) is 0 Å². The highest BCUT2D eigenvalue weighted by Gasteiger charge is 2.40. The smallest absolute Gasteiger partial charge is 0.00134 e. The average molecular weight is 304 g/mol. The second-order valence-corrected chi connectivity index (χ2v) is 8.98. The van der Waals surface area contributed by atoms with Crippen molar-refractivity contribution < 1.29 is 0 Å². The van der Waals surface area contributed by atoms with Crippen molar-refractivity contribution in [2.75, 3.05) is 0 Å². The third-order valence-corrected chi connectivity index (χ3v) is 5.70. The van der Waals surface area contributed by atoms with Gasteiger partial charge in [0.05, 0.1) is 0 Å². The minimum Gasteiger partial charge on any atom is -0.0750 e. The number of fused-ring (bicyclic) bond motifs is 4. The molecule has 0 nitrogen and oxygen atoms in total. The maximum Gasteiger partial charge on any atom is -0.00134 e. The average Bonchev–Trinajstić information content (AvgIpc) is 2.96. The van der Waals surface area contributed by atoms with Gasteiger partial charge in [0.15, 0.2) is 0 Å². The second-order valence-electron chi connectivity index (χ2n) is 8.98. The molecule has 23 heavy (non-hydrogen) atoms. The molecule has 0 aliphatic heterocycles. The Labute approximate surface area is 140 Å². The van der Waals surface area contributed by atoms with Crippen molar-refractivity contribution in [2.45, 2.75) is 60.3 Å². The lowest BCUT2D eigenvalue weighted by atomic mass is 9.64. The number of allylic oxidation sites excluding steroid dienone is 3. The van der Waals surface area contributed by atoms with Crippen molar-refractivity contribution in [3.05, 3.63) is 50.9 Å². The third-order valence-electron chi connectivity index (χ3n) is 5.70. The van der Waals surface area contributed by atoms with E-state index in [0.717, 1.165) is 6.42 Å². The van der Waals surface area contributed by atoms with Crippen molar-refractivity contribution in [3.8, 4) is 0 Å². The lowest BCUT2D eigenvalue weighted by Crippen LogP contribution is -2.30. The molecule has 0 bridgehead atoms. The standard InChI is InChI=1S/C23H28/c1-6-7-15-10-16-8-9-18-20(19(16)11-15)12-17-13-22(2,3)14-23(4,5)21(17)18/h8-11,13H,6-7,12,14H2,1-5H3. The molecule has 1 aromatic rings. The Balaban J connectivity index is 1.95. The predicted octanol–water partition coefficient (Wildman–Crippen LogP) is 4.75. The molecule has 3 aliphatic carbocycles. The van der Waals surface area contributed by atoms with Gasteiger partial charge in [-0.2, -0.15) is 0 Å². The maximum atomic E-state index is 2.55. The third kappa shape index (κ3) is 2.26. The molecule has 0 fully saturated rings. The molecule has 3 aliphatic rings. The van der Waals surface area contributed by atoms with Crippen LogP contribution in [-0.2, 0) is 6.42 Å². The molecule has 0 unspecified atom stereocenters. The summed E-state index contributed by atoms with van der Waals surface area (Å²) < 4.78 is 0. The summed E-state index contributed by atoms with van der Waals surface area (Å²) in [4.78, 5) is 0. The van der Waals surface area contributed by atoms with E-state index < -0.39 is 0 Å². The molecule has 0 N–H and O–H groups in total. The van der Waals surface area contributed by atoms with Gasteiger partial charge >= 0.3 is 0 Å². The number of hydrogen-bond donors (Lipinski definition) is 0. The largest absolute Gasteiger partial charge is 0.0750 e. The lowest BCUT2D eigenvalue weighted by molar-refractivity contribution is 0.292. The van der Waals surface area contributed by atoms with Crippen LogP contribution in [0.25, 0.3) is 17.7 Å². The van der Waals surface area contributed by atoms with Crippen molar-refractivity contribution in [2.24, 2.45) is 10.8 Å². The zero-order chi connectivity index (χ0) is 16.4. The Hall–Kier alpha value is -1.56. The zero-order valence-electron chi connectivity index (χ0n) is 15.2. The number of hydrogen-bond acceptors (Lipinski definition) is 0. The Morgan fingerprint density at radius 2 is 1.83 bits per heavy atom. The Bertz CT molecular complexity index is 869. The highest BCUT2D eigenvalue weighted by molar-refractivity contribution is 5.81. The summed E-state index contributed by atoms with van der Waals surface area (Å²) in [6.45, 7) is 11.9. The summed E-state index contributed by atoms with van der Waals surface area (Å²) in [5.41, 5.74) is 8.37. The van der Waals surface area contributed by atoms with E-state index >= 15 is 0 Å². The van der Waals surface area contributed by atoms with Gasteiger partial charge in [0.25, 0.3) is 0 Å². The first-order chi connectivity index (χ1) is 10.8. The van der Waals surface area contributed by atoms with E-state index in [1.807, 2.05) is 0 Å². The van der Waals surface area contributed by atoms with Gasteiger partial charge in [-0.3, -0.25) is 0 Å². The van der Waals surface area contributed by atoms with Crippen LogP contribution in [0.2, 0.25) is 0 Å². The molecular formula is C23H28. The highest BCUT2D eigenvalue weighted by atomic mass is 14.4. The van der Waals surface area contributed by atoms with Crippen molar-refractivity contribution in [1.82, 2.24) is 0 Å². The van der Waals surface area contributed by atoms with E-state index in [2.05, 4.69) is 65.0 Å². The minimum atomic E-state index is 0.269. The molecule has 0 aromatic heterocycles. The van der Waals surface area contributed by atoms with Crippen LogP contribution in [0.5, 0.6) is 0 Å². The van der Waals surface area contributed by atoms with Crippen LogP contribution in [0.3, 0.4) is 0 Å². The van der Waals surface area contributed by atoms with Gasteiger partial charge in [0, 0.05) is 0 Å². The molecule has 120 valence electrons. The predicted molar refractivity (Wildman–Crippen MR) is 100 cm³/mol. The maximum absolute atomic E-state index is 2.55. The minimum absolute atomic E-state index is 0.269. The molecule has 0 atom stereocenters. The Kier molecular flexibility index (Phi) is 3.08. The van der Waals surface area contributed by atoms with Crippen molar-refractivity contribution in [1.29, 1.82) is 0 Å². The fourth-order valence-corrected chi connectivity index (χ4v) is 5.39. The van der Waals surface area contributed by atoms with E-state index in [1.54, 1.807) is 16.7 Å². The SMILES string of the molecule is CCCC1=Cc2c3c(ccc2=C1)=C1C(=CC(C)(C)CC1(C)C)C3. The van der Waals surface area contributed by atoms with Gasteiger partial charge in [-0.05, 0) is 68.4 Å². The molecule has 0 amide bonds. The molecule has 0 saturated heterocycles. The van der Waals surface area contributed by atoms with Crippen LogP contribution in [-0.4, -0.2) is 0 Å². The summed E-state index contributed by atoms with van der Waals surface area (Å²) in [5.74, 6) is 0. The van der Waals surface area contributed by atoms with Crippen LogP contribution in [0.1, 0.15) is 65.0 Å². The van der Waals surface area contributed by atoms with Crippen LogP contribution < -0.4 is 10.4 Å². The summed E-state index contributed by atoms with van der Waals surface area (Å²) in [6.07, 6.45) is 12.2. The van der Waals surface area contributed by atoms with Gasteiger partial charge in [0.2, 0.25) is 0 Å². The van der Waals surface area contributed by atoms with Crippen molar-refractivity contribution >= 4 is 17.7 Å². The highest BCUT2D eigenvalue weighted by Crippen LogP contribution is 2.50. The monoisotopic (exact) mass is 304 g/mol.